The van der Waals surface area contributed by atoms with Crippen LogP contribution in [0.15, 0.2) is 18.7 Å². The van der Waals surface area contributed by atoms with Crippen LogP contribution in [0.5, 0.6) is 5.88 Å². The summed E-state index contributed by atoms with van der Waals surface area (Å²) in [5.41, 5.74) is 1.09. The maximum Gasteiger partial charge on any atom is 0.435 e. The number of fused-ring (bicyclic) bond motifs is 1. The number of rotatable bonds is 5. The fourth-order valence-corrected chi connectivity index (χ4v) is 4.30. The number of carbonyl (C=O) groups is 1. The van der Waals surface area contributed by atoms with E-state index in [1.165, 1.54) is 11.2 Å². The molecule has 1 aliphatic heterocycles. The molecule has 1 amide bonds. The van der Waals surface area contributed by atoms with Gasteiger partial charge in [0.1, 0.15) is 18.3 Å². The number of halogens is 3. The number of hydrogen-bond donors (Lipinski definition) is 1. The maximum absolute atomic E-state index is 13.1. The van der Waals surface area contributed by atoms with Gasteiger partial charge in [-0.3, -0.25) is 14.6 Å². The number of carbonyl (C=O) groups excluding carboxylic acids is 1. The third-order valence-corrected chi connectivity index (χ3v) is 6.12. The Morgan fingerprint density at radius 1 is 1.31 bits per heavy atom. The SMILES string of the molecule is CCn1ncc(-c2nc3c(OC4CCN(C(=O)c5c[nH]nc5C(F)(F)F)C4)ncnc3n2C)c1C. The second-order valence-electron chi connectivity index (χ2n) is 8.23. The zero-order chi connectivity index (χ0) is 24.9. The predicted molar refractivity (Wildman–Crippen MR) is 116 cm³/mol. The van der Waals surface area contributed by atoms with Crippen LogP contribution >= 0.6 is 0 Å². The van der Waals surface area contributed by atoms with E-state index in [0.717, 1.165) is 24.0 Å². The van der Waals surface area contributed by atoms with Gasteiger partial charge in [-0.2, -0.15) is 28.4 Å². The molecule has 0 aromatic carbocycles. The number of amides is 1. The van der Waals surface area contributed by atoms with Crippen LogP contribution in [0.3, 0.4) is 0 Å². The lowest BCUT2D eigenvalue weighted by molar-refractivity contribution is -0.141. The smallest absolute Gasteiger partial charge is 0.435 e. The van der Waals surface area contributed by atoms with Crippen LogP contribution in [-0.2, 0) is 19.8 Å². The van der Waals surface area contributed by atoms with Gasteiger partial charge in [-0.15, -0.1) is 0 Å². The summed E-state index contributed by atoms with van der Waals surface area (Å²) in [6, 6.07) is 0. The van der Waals surface area contributed by atoms with Crippen LogP contribution in [0.25, 0.3) is 22.6 Å². The van der Waals surface area contributed by atoms with Crippen molar-refractivity contribution in [2.24, 2.45) is 7.05 Å². The standard InChI is InChI=1S/C21H22F3N9O2/c1-4-33-11(2)13(8-28-33)17-29-15-18(31(17)3)25-10-26-19(15)35-12-5-6-32(9-12)20(34)14-7-27-30-16(14)21(22,23)24/h7-8,10,12H,4-6,9H2,1-3H3,(H,27,30). The number of imidazole rings is 1. The Morgan fingerprint density at radius 3 is 2.83 bits per heavy atom. The van der Waals surface area contributed by atoms with Crippen LogP contribution in [0.4, 0.5) is 13.2 Å². The third-order valence-electron chi connectivity index (χ3n) is 6.12. The summed E-state index contributed by atoms with van der Waals surface area (Å²) in [4.78, 5) is 27.3. The summed E-state index contributed by atoms with van der Waals surface area (Å²) >= 11 is 0. The van der Waals surface area contributed by atoms with Crippen molar-refractivity contribution >= 4 is 17.1 Å². The van der Waals surface area contributed by atoms with E-state index in [1.807, 2.05) is 30.1 Å². The molecule has 14 heteroatoms. The normalized spacial score (nSPS) is 16.4. The number of ether oxygens (including phenoxy) is 1. The van der Waals surface area contributed by atoms with Crippen LogP contribution in [0.1, 0.15) is 35.1 Å². The zero-order valence-corrected chi connectivity index (χ0v) is 19.2. The Hall–Kier alpha value is -3.97. The van der Waals surface area contributed by atoms with Gasteiger partial charge in [-0.1, -0.05) is 0 Å². The molecule has 0 radical (unpaired) electrons. The quantitative estimate of drug-likeness (QED) is 0.458. The molecule has 1 saturated heterocycles. The van der Waals surface area contributed by atoms with Gasteiger partial charge in [0, 0.05) is 38.4 Å². The Labute approximate surface area is 196 Å². The average molecular weight is 489 g/mol. The molecule has 0 spiro atoms. The van der Waals surface area contributed by atoms with Crippen LogP contribution < -0.4 is 4.74 Å². The van der Waals surface area contributed by atoms with Gasteiger partial charge in [0.25, 0.3) is 5.91 Å². The molecule has 184 valence electrons. The minimum absolute atomic E-state index is 0.106. The second kappa shape index (κ2) is 8.36. The number of likely N-dealkylation sites (tertiary alicyclic amines) is 1. The Kier molecular flexibility index (Phi) is 5.44. The monoisotopic (exact) mass is 489 g/mol. The molecule has 1 atom stereocenters. The zero-order valence-electron chi connectivity index (χ0n) is 19.2. The van der Waals surface area contributed by atoms with Gasteiger partial charge in [-0.05, 0) is 13.8 Å². The van der Waals surface area contributed by atoms with Crippen LogP contribution in [0.2, 0.25) is 0 Å². The first-order valence-electron chi connectivity index (χ1n) is 11.0. The second-order valence-corrected chi connectivity index (χ2v) is 8.23. The van der Waals surface area contributed by atoms with Crippen molar-refractivity contribution in [2.75, 3.05) is 13.1 Å². The number of nitrogens with zero attached hydrogens (tertiary/aromatic N) is 8. The summed E-state index contributed by atoms with van der Waals surface area (Å²) in [7, 11) is 1.84. The summed E-state index contributed by atoms with van der Waals surface area (Å²) in [5.74, 6) is 0.148. The fourth-order valence-electron chi connectivity index (χ4n) is 4.30. The maximum atomic E-state index is 13.1. The number of aryl methyl sites for hydroxylation is 2. The molecule has 5 heterocycles. The molecule has 5 rings (SSSR count). The van der Waals surface area contributed by atoms with Gasteiger partial charge >= 0.3 is 6.18 Å². The van der Waals surface area contributed by atoms with E-state index < -0.39 is 29.4 Å². The molecular weight excluding hydrogens is 467 g/mol. The van der Waals surface area contributed by atoms with Crippen molar-refractivity contribution in [3.05, 3.63) is 35.7 Å². The van der Waals surface area contributed by atoms with E-state index in [0.29, 0.717) is 23.4 Å². The molecule has 0 bridgehead atoms. The van der Waals surface area contributed by atoms with Gasteiger partial charge in [0.2, 0.25) is 5.88 Å². The van der Waals surface area contributed by atoms with E-state index in [1.54, 1.807) is 6.20 Å². The predicted octanol–water partition coefficient (Wildman–Crippen LogP) is 2.59. The molecule has 35 heavy (non-hydrogen) atoms. The molecule has 11 nitrogen and oxygen atoms in total. The van der Waals surface area contributed by atoms with Crippen molar-refractivity contribution in [1.82, 2.24) is 44.4 Å². The number of alkyl halides is 3. The minimum Gasteiger partial charge on any atom is -0.471 e. The summed E-state index contributed by atoms with van der Waals surface area (Å²) in [5, 5.41) is 9.69. The van der Waals surface area contributed by atoms with Crippen LogP contribution in [-0.4, -0.2) is 69.5 Å². The molecule has 0 saturated carbocycles. The molecule has 4 aromatic heterocycles. The van der Waals surface area contributed by atoms with Crippen molar-refractivity contribution in [3.63, 3.8) is 0 Å². The van der Waals surface area contributed by atoms with Crippen molar-refractivity contribution in [3.8, 4) is 17.3 Å². The Morgan fingerprint density at radius 2 is 2.11 bits per heavy atom. The Balaban J connectivity index is 1.38. The van der Waals surface area contributed by atoms with E-state index in [2.05, 4.69) is 25.3 Å². The third kappa shape index (κ3) is 3.88. The first-order chi connectivity index (χ1) is 16.7. The van der Waals surface area contributed by atoms with Crippen LogP contribution in [0, 0.1) is 6.92 Å². The molecule has 4 aromatic rings. The average Bonchev–Trinajstić information content (AvgIpc) is 3.60. The lowest BCUT2D eigenvalue weighted by Gasteiger charge is -2.17. The fraction of sp³-hybridized carbons (Fsp3) is 0.429. The highest BCUT2D eigenvalue weighted by Crippen LogP contribution is 2.32. The number of hydrogen-bond acceptors (Lipinski definition) is 7. The van der Waals surface area contributed by atoms with Gasteiger partial charge in [0.15, 0.2) is 16.9 Å². The highest BCUT2D eigenvalue weighted by molar-refractivity contribution is 5.95. The van der Waals surface area contributed by atoms with E-state index in [9.17, 15) is 18.0 Å². The van der Waals surface area contributed by atoms with Crippen molar-refractivity contribution < 1.29 is 22.7 Å². The van der Waals surface area contributed by atoms with Gasteiger partial charge < -0.3 is 14.2 Å². The number of H-pyrrole nitrogens is 1. The summed E-state index contributed by atoms with van der Waals surface area (Å²) < 4.78 is 49.2. The first-order valence-corrected chi connectivity index (χ1v) is 11.0. The number of aromatic nitrogens is 8. The van der Waals surface area contributed by atoms with E-state index >= 15 is 0 Å². The lowest BCUT2D eigenvalue weighted by Crippen LogP contribution is -2.32. The minimum atomic E-state index is -4.73. The molecule has 1 fully saturated rings. The van der Waals surface area contributed by atoms with Crippen molar-refractivity contribution in [2.45, 2.75) is 39.1 Å². The largest absolute Gasteiger partial charge is 0.471 e. The molecule has 1 N–H and O–H groups in total. The number of nitrogens with one attached hydrogen (secondary N) is 1. The molecular formula is C21H22F3N9O2. The highest BCUT2D eigenvalue weighted by atomic mass is 19.4. The first kappa shape index (κ1) is 22.8. The number of aromatic amines is 1. The van der Waals surface area contributed by atoms with E-state index in [-0.39, 0.29) is 19.0 Å². The van der Waals surface area contributed by atoms with Crippen molar-refractivity contribution in [1.29, 1.82) is 0 Å². The lowest BCUT2D eigenvalue weighted by atomic mass is 10.2. The molecule has 1 unspecified atom stereocenters. The Bertz CT molecular complexity index is 1400. The topological polar surface area (TPSA) is 120 Å². The molecule has 0 aliphatic carbocycles. The van der Waals surface area contributed by atoms with Gasteiger partial charge in [-0.25, -0.2) is 9.97 Å². The summed E-state index contributed by atoms with van der Waals surface area (Å²) in [6.45, 7) is 5.03. The highest BCUT2D eigenvalue weighted by Gasteiger charge is 2.40. The molecule has 1 aliphatic rings. The van der Waals surface area contributed by atoms with E-state index in [4.69, 9.17) is 9.72 Å². The summed E-state index contributed by atoms with van der Waals surface area (Å²) in [6.07, 6.45) is -0.683. The van der Waals surface area contributed by atoms with Gasteiger partial charge in [0.05, 0.1) is 23.9 Å².